The van der Waals surface area contributed by atoms with Gasteiger partial charge in [0.1, 0.15) is 17.6 Å². The number of carbonyl (C=O) groups excluding carboxylic acids is 2. The molecule has 1 aromatic rings. The first kappa shape index (κ1) is 26.8. The molecule has 1 aromatic carbocycles. The van der Waals surface area contributed by atoms with Crippen molar-refractivity contribution in [3.63, 3.8) is 0 Å². The fourth-order valence-electron chi connectivity index (χ4n) is 2.87. The first-order valence-corrected chi connectivity index (χ1v) is 9.98. The Morgan fingerprint density at radius 2 is 1.72 bits per heavy atom. The van der Waals surface area contributed by atoms with Gasteiger partial charge in [-0.15, -0.1) is 0 Å². The van der Waals surface area contributed by atoms with E-state index in [9.17, 15) is 14.0 Å². The number of halogens is 1. The summed E-state index contributed by atoms with van der Waals surface area (Å²) >= 11 is 0. The summed E-state index contributed by atoms with van der Waals surface area (Å²) in [5.41, 5.74) is 6.13. The number of nitrogens with one attached hydrogen (secondary N) is 1. The van der Waals surface area contributed by atoms with Crippen LogP contribution < -0.4 is 11.1 Å². The molecule has 0 spiro atoms. The second kappa shape index (κ2) is 11.1. The summed E-state index contributed by atoms with van der Waals surface area (Å²) in [6.07, 6.45) is 2.65. The summed E-state index contributed by atoms with van der Waals surface area (Å²) in [5, 5.41) is 2.59. The standard InChI is InChI=1S/C16H22FN3O2.C7H16/c1-9-10(7-6-8-11(9)17)12(19-5)15(22)20-13(14(18)21)16(2,3)4;1-5-6-7(2,3)4/h6-8,13H,1-5H3,(H2,18,21)(H,20,22);5-6H2,1-4H3. The third-order valence-electron chi connectivity index (χ3n) is 4.39. The van der Waals surface area contributed by atoms with Gasteiger partial charge in [-0.25, -0.2) is 4.39 Å². The van der Waals surface area contributed by atoms with Crippen LogP contribution in [0.5, 0.6) is 0 Å². The fraction of sp³-hybridized carbons (Fsp3) is 0.609. The predicted molar refractivity (Wildman–Crippen MR) is 119 cm³/mol. The molecule has 1 rings (SSSR count). The maximum atomic E-state index is 13.7. The number of aliphatic imine (C=N–C) groups is 1. The van der Waals surface area contributed by atoms with E-state index >= 15 is 0 Å². The lowest BCUT2D eigenvalue weighted by Gasteiger charge is -2.29. The first-order valence-electron chi connectivity index (χ1n) is 9.98. The molecule has 0 aliphatic rings. The van der Waals surface area contributed by atoms with Crippen LogP contribution in [0.15, 0.2) is 23.2 Å². The van der Waals surface area contributed by atoms with Gasteiger partial charge < -0.3 is 11.1 Å². The van der Waals surface area contributed by atoms with Gasteiger partial charge in [-0.3, -0.25) is 14.6 Å². The van der Waals surface area contributed by atoms with Crippen LogP contribution in [0.3, 0.4) is 0 Å². The van der Waals surface area contributed by atoms with Crippen LogP contribution in [0.1, 0.15) is 72.4 Å². The Bertz CT molecular complexity index is 729. The maximum Gasteiger partial charge on any atom is 0.270 e. The molecular weight excluding hydrogens is 369 g/mol. The average Bonchev–Trinajstić information content (AvgIpc) is 2.55. The molecule has 6 heteroatoms. The van der Waals surface area contributed by atoms with E-state index in [1.54, 1.807) is 33.8 Å². The van der Waals surface area contributed by atoms with Crippen LogP contribution in [-0.2, 0) is 9.59 Å². The van der Waals surface area contributed by atoms with Gasteiger partial charge in [-0.2, -0.15) is 0 Å². The second-order valence-corrected chi connectivity index (χ2v) is 9.47. The topological polar surface area (TPSA) is 84.6 Å². The van der Waals surface area contributed by atoms with Gasteiger partial charge >= 0.3 is 0 Å². The number of hydrogen-bond acceptors (Lipinski definition) is 3. The first-order chi connectivity index (χ1) is 13.2. The normalized spacial score (nSPS) is 13.2. The summed E-state index contributed by atoms with van der Waals surface area (Å²) in [4.78, 5) is 27.9. The van der Waals surface area contributed by atoms with Gasteiger partial charge in [0.25, 0.3) is 5.91 Å². The average molecular weight is 408 g/mol. The molecule has 0 fully saturated rings. The van der Waals surface area contributed by atoms with Crippen molar-refractivity contribution in [2.24, 2.45) is 21.6 Å². The molecule has 0 saturated carbocycles. The lowest BCUT2D eigenvalue weighted by Crippen LogP contribution is -2.53. The van der Waals surface area contributed by atoms with Gasteiger partial charge in [-0.1, -0.05) is 67.0 Å². The van der Waals surface area contributed by atoms with Crippen LogP contribution in [-0.4, -0.2) is 30.6 Å². The molecule has 1 unspecified atom stereocenters. The summed E-state index contributed by atoms with van der Waals surface area (Å²) < 4.78 is 13.7. The van der Waals surface area contributed by atoms with E-state index in [-0.39, 0.29) is 5.71 Å². The third-order valence-corrected chi connectivity index (χ3v) is 4.39. The lowest BCUT2D eigenvalue weighted by atomic mass is 9.86. The molecule has 0 radical (unpaired) electrons. The highest BCUT2D eigenvalue weighted by molar-refractivity contribution is 6.45. The Kier molecular flexibility index (Phi) is 10.2. The summed E-state index contributed by atoms with van der Waals surface area (Å²) in [5.74, 6) is -1.61. The molecule has 5 nitrogen and oxygen atoms in total. The van der Waals surface area contributed by atoms with E-state index in [1.165, 1.54) is 32.0 Å². The van der Waals surface area contributed by atoms with Gasteiger partial charge in [0, 0.05) is 12.6 Å². The molecule has 1 atom stereocenters. The molecule has 2 amide bonds. The SMILES string of the molecule is CCCC(C)(C)C.CN=C(C(=O)NC(C(N)=O)C(C)(C)C)c1cccc(F)c1C. The minimum absolute atomic E-state index is 0.0625. The molecule has 0 saturated heterocycles. The Morgan fingerprint density at radius 1 is 1.17 bits per heavy atom. The molecule has 0 bridgehead atoms. The lowest BCUT2D eigenvalue weighted by molar-refractivity contribution is -0.126. The van der Waals surface area contributed by atoms with Gasteiger partial charge in [-0.05, 0) is 35.8 Å². The quantitative estimate of drug-likeness (QED) is 0.709. The van der Waals surface area contributed by atoms with Crippen LogP contribution >= 0.6 is 0 Å². The Labute approximate surface area is 175 Å². The molecule has 0 heterocycles. The van der Waals surface area contributed by atoms with Crippen LogP contribution in [0, 0.1) is 23.6 Å². The van der Waals surface area contributed by atoms with E-state index in [0.717, 1.165) is 0 Å². The molecule has 0 aromatic heterocycles. The summed E-state index contributed by atoms with van der Waals surface area (Å²) in [6.45, 7) is 16.0. The van der Waals surface area contributed by atoms with Gasteiger partial charge in [0.05, 0.1) is 0 Å². The maximum absolute atomic E-state index is 13.7. The number of nitrogens with zero attached hydrogens (tertiary/aromatic N) is 1. The number of hydrogen-bond donors (Lipinski definition) is 2. The molecular formula is C23H38FN3O2. The van der Waals surface area contributed by atoms with Crippen LogP contribution in [0.2, 0.25) is 0 Å². The number of benzene rings is 1. The number of primary amides is 1. The Balaban J connectivity index is 0.000000956. The van der Waals surface area contributed by atoms with E-state index in [1.807, 2.05) is 0 Å². The van der Waals surface area contributed by atoms with Crippen molar-refractivity contribution in [2.75, 3.05) is 7.05 Å². The van der Waals surface area contributed by atoms with Crippen molar-refractivity contribution >= 4 is 17.5 Å². The van der Waals surface area contributed by atoms with Crippen molar-refractivity contribution in [3.05, 3.63) is 35.1 Å². The van der Waals surface area contributed by atoms with Crippen molar-refractivity contribution in [1.29, 1.82) is 0 Å². The number of nitrogens with two attached hydrogens (primary N) is 1. The number of carbonyl (C=O) groups is 2. The molecule has 164 valence electrons. The number of rotatable bonds is 5. The monoisotopic (exact) mass is 407 g/mol. The van der Waals surface area contributed by atoms with Gasteiger partial charge in [0.15, 0.2) is 0 Å². The zero-order valence-corrected chi connectivity index (χ0v) is 19.4. The summed E-state index contributed by atoms with van der Waals surface area (Å²) in [6, 6.07) is 3.57. The highest BCUT2D eigenvalue weighted by Crippen LogP contribution is 2.20. The molecule has 3 N–H and O–H groups in total. The number of amides is 2. The van der Waals surface area contributed by atoms with E-state index in [0.29, 0.717) is 16.5 Å². The fourth-order valence-corrected chi connectivity index (χ4v) is 2.87. The highest BCUT2D eigenvalue weighted by atomic mass is 19.1. The van der Waals surface area contributed by atoms with Crippen molar-refractivity contribution in [3.8, 4) is 0 Å². The van der Waals surface area contributed by atoms with Crippen molar-refractivity contribution in [2.45, 2.75) is 74.3 Å². The second-order valence-electron chi connectivity index (χ2n) is 9.47. The minimum Gasteiger partial charge on any atom is -0.368 e. The van der Waals surface area contributed by atoms with Crippen molar-refractivity contribution < 1.29 is 14.0 Å². The van der Waals surface area contributed by atoms with Crippen molar-refractivity contribution in [1.82, 2.24) is 5.32 Å². The van der Waals surface area contributed by atoms with E-state index in [4.69, 9.17) is 5.73 Å². The predicted octanol–water partition coefficient (Wildman–Crippen LogP) is 4.40. The van der Waals surface area contributed by atoms with Crippen LogP contribution in [0.25, 0.3) is 0 Å². The zero-order valence-electron chi connectivity index (χ0n) is 19.4. The smallest absolute Gasteiger partial charge is 0.270 e. The van der Waals surface area contributed by atoms with E-state index in [2.05, 4.69) is 38.0 Å². The van der Waals surface area contributed by atoms with Crippen LogP contribution in [0.4, 0.5) is 4.39 Å². The molecule has 29 heavy (non-hydrogen) atoms. The van der Waals surface area contributed by atoms with E-state index < -0.39 is 29.1 Å². The molecule has 0 aliphatic heterocycles. The highest BCUT2D eigenvalue weighted by Gasteiger charge is 2.32. The third kappa shape index (κ3) is 9.20. The van der Waals surface area contributed by atoms with Gasteiger partial charge in [0.2, 0.25) is 5.91 Å². The molecule has 0 aliphatic carbocycles. The summed E-state index contributed by atoms with van der Waals surface area (Å²) in [7, 11) is 1.44. The largest absolute Gasteiger partial charge is 0.368 e. The zero-order chi connectivity index (χ0) is 23.0. The Morgan fingerprint density at radius 3 is 2.07 bits per heavy atom. The minimum atomic E-state index is -0.856. The Hall–Kier alpha value is -2.24.